The van der Waals surface area contributed by atoms with E-state index in [2.05, 4.69) is 99.5 Å². The third-order valence-corrected chi connectivity index (χ3v) is 6.75. The van der Waals surface area contributed by atoms with E-state index >= 15 is 0 Å². The number of aromatic nitrogens is 4. The maximum absolute atomic E-state index is 6.44. The minimum atomic E-state index is 0.173. The number of hydrogen-bond donors (Lipinski definition) is 0. The summed E-state index contributed by atoms with van der Waals surface area (Å²) in [4.78, 5) is 13.9. The van der Waals surface area contributed by atoms with E-state index in [4.69, 9.17) is 16.6 Å². The minimum absolute atomic E-state index is 0.173. The molecule has 0 fully saturated rings. The summed E-state index contributed by atoms with van der Waals surface area (Å²) >= 11 is 6.44. The van der Waals surface area contributed by atoms with Gasteiger partial charge in [-0.1, -0.05) is 91.0 Å². The van der Waals surface area contributed by atoms with Crippen LogP contribution in [0.3, 0.4) is 0 Å². The van der Waals surface area contributed by atoms with Crippen LogP contribution in [0, 0.1) is 0 Å². The van der Waals surface area contributed by atoms with Crippen molar-refractivity contribution in [2.24, 2.45) is 0 Å². The molecule has 0 unspecified atom stereocenters. The number of hydrogen-bond acceptors (Lipinski definition) is 3. The summed E-state index contributed by atoms with van der Waals surface area (Å²) in [5.41, 5.74) is 5.15. The summed E-state index contributed by atoms with van der Waals surface area (Å²) in [6, 6.07) is 39.5. The molecule has 7 rings (SSSR count). The van der Waals surface area contributed by atoms with E-state index in [0.29, 0.717) is 11.6 Å². The van der Waals surface area contributed by atoms with Crippen LogP contribution in [-0.2, 0) is 0 Å². The monoisotopic (exact) mass is 482 g/mol. The quantitative estimate of drug-likeness (QED) is 0.255. The van der Waals surface area contributed by atoms with Crippen molar-refractivity contribution in [2.75, 3.05) is 0 Å². The van der Waals surface area contributed by atoms with Crippen LogP contribution in [0.1, 0.15) is 0 Å². The molecule has 0 bridgehead atoms. The van der Waals surface area contributed by atoms with Crippen molar-refractivity contribution in [3.63, 3.8) is 0 Å². The Labute approximate surface area is 212 Å². The highest BCUT2D eigenvalue weighted by molar-refractivity contribution is 6.28. The number of para-hydroxylation sites is 2. The molecule has 0 saturated carbocycles. The molecule has 0 aliphatic heterocycles. The zero-order valence-corrected chi connectivity index (χ0v) is 19.9. The lowest BCUT2D eigenvalue weighted by molar-refractivity contribution is 1.07. The molecule has 0 aliphatic rings. The van der Waals surface area contributed by atoms with Crippen LogP contribution in [0.5, 0.6) is 0 Å². The van der Waals surface area contributed by atoms with E-state index in [9.17, 15) is 0 Å². The van der Waals surface area contributed by atoms with Crippen molar-refractivity contribution in [3.8, 4) is 28.5 Å². The average molecular weight is 483 g/mol. The highest BCUT2D eigenvalue weighted by Crippen LogP contribution is 2.35. The molecule has 5 heteroatoms. The Morgan fingerprint density at radius 3 is 2.11 bits per heavy atom. The first kappa shape index (κ1) is 20.8. The number of fused-ring (bicyclic) bond motifs is 4. The molecule has 5 aromatic carbocycles. The fraction of sp³-hybridized carbons (Fsp3) is 0. The van der Waals surface area contributed by atoms with Crippen LogP contribution >= 0.6 is 11.6 Å². The molecular formula is C31H19ClN4. The van der Waals surface area contributed by atoms with E-state index in [1.165, 1.54) is 10.8 Å². The third kappa shape index (κ3) is 3.35. The second-order valence-electron chi connectivity index (χ2n) is 8.70. The molecule has 0 atom stereocenters. The van der Waals surface area contributed by atoms with Gasteiger partial charge in [0.2, 0.25) is 5.28 Å². The van der Waals surface area contributed by atoms with Gasteiger partial charge in [0, 0.05) is 27.6 Å². The van der Waals surface area contributed by atoms with E-state index in [0.717, 1.165) is 38.6 Å². The predicted molar refractivity (Wildman–Crippen MR) is 148 cm³/mol. The lowest BCUT2D eigenvalue weighted by atomic mass is 10.0. The largest absolute Gasteiger partial charge is 0.309 e. The van der Waals surface area contributed by atoms with Crippen LogP contribution in [-0.4, -0.2) is 19.5 Å². The van der Waals surface area contributed by atoms with E-state index in [1.54, 1.807) is 0 Å². The lowest BCUT2D eigenvalue weighted by Gasteiger charge is -2.10. The molecular weight excluding hydrogens is 464 g/mol. The fourth-order valence-electron chi connectivity index (χ4n) is 4.98. The first-order valence-corrected chi connectivity index (χ1v) is 12.1. The highest BCUT2D eigenvalue weighted by atomic mass is 35.5. The highest BCUT2D eigenvalue weighted by Gasteiger charge is 2.16. The van der Waals surface area contributed by atoms with Gasteiger partial charge in [-0.15, -0.1) is 0 Å². The Kier molecular flexibility index (Phi) is 4.79. The SMILES string of the molecule is Clc1nc(-c2ccc3c4ccccc4n(-c4ccccc4)c3c2)nc(-c2cccc3ccccc23)n1. The Morgan fingerprint density at radius 2 is 1.22 bits per heavy atom. The topological polar surface area (TPSA) is 43.6 Å². The first-order valence-electron chi connectivity index (χ1n) is 11.7. The first-order chi connectivity index (χ1) is 17.8. The van der Waals surface area contributed by atoms with Crippen LogP contribution in [0.25, 0.3) is 61.0 Å². The normalized spacial score (nSPS) is 11.5. The van der Waals surface area contributed by atoms with Crippen molar-refractivity contribution >= 4 is 44.2 Å². The van der Waals surface area contributed by atoms with Crippen molar-refractivity contribution in [2.45, 2.75) is 0 Å². The zero-order valence-electron chi connectivity index (χ0n) is 19.1. The zero-order chi connectivity index (χ0) is 24.1. The number of rotatable bonds is 3. The molecule has 0 radical (unpaired) electrons. The molecule has 36 heavy (non-hydrogen) atoms. The Morgan fingerprint density at radius 1 is 0.528 bits per heavy atom. The van der Waals surface area contributed by atoms with Crippen molar-refractivity contribution in [1.29, 1.82) is 0 Å². The molecule has 0 aliphatic carbocycles. The smallest absolute Gasteiger partial charge is 0.226 e. The molecule has 4 nitrogen and oxygen atoms in total. The third-order valence-electron chi connectivity index (χ3n) is 6.59. The number of nitrogens with zero attached hydrogens (tertiary/aromatic N) is 4. The maximum Gasteiger partial charge on any atom is 0.226 e. The van der Waals surface area contributed by atoms with Crippen molar-refractivity contribution in [1.82, 2.24) is 19.5 Å². The summed E-state index contributed by atoms with van der Waals surface area (Å²) in [7, 11) is 0. The van der Waals surface area contributed by atoms with Gasteiger partial charge in [-0.3, -0.25) is 0 Å². The lowest BCUT2D eigenvalue weighted by Crippen LogP contribution is -1.98. The summed E-state index contributed by atoms with van der Waals surface area (Å²) < 4.78 is 2.28. The van der Waals surface area contributed by atoms with E-state index in [1.807, 2.05) is 30.3 Å². The van der Waals surface area contributed by atoms with E-state index < -0.39 is 0 Å². The molecule has 0 saturated heterocycles. The summed E-state index contributed by atoms with van der Waals surface area (Å²) in [6.07, 6.45) is 0. The maximum atomic E-state index is 6.44. The Hall–Kier alpha value is -4.54. The molecule has 170 valence electrons. The molecule has 2 aromatic heterocycles. The van der Waals surface area contributed by atoms with Gasteiger partial charge in [0.25, 0.3) is 0 Å². The van der Waals surface area contributed by atoms with Crippen LogP contribution < -0.4 is 0 Å². The number of benzene rings is 5. The van der Waals surface area contributed by atoms with Gasteiger partial charge in [0.05, 0.1) is 11.0 Å². The second kappa shape index (κ2) is 8.29. The standard InChI is InChI=1S/C31H19ClN4/c32-31-34-29(33-30(35-31)26-15-8-10-20-9-4-5-13-23(20)26)21-17-18-25-24-14-6-7-16-27(24)36(28(25)19-21)22-11-2-1-3-12-22/h1-19H. The van der Waals surface area contributed by atoms with Gasteiger partial charge in [0.15, 0.2) is 11.6 Å². The predicted octanol–water partition coefficient (Wildman–Crippen LogP) is 8.11. The summed E-state index contributed by atoms with van der Waals surface area (Å²) in [5, 5.41) is 4.75. The van der Waals surface area contributed by atoms with Gasteiger partial charge in [0.1, 0.15) is 0 Å². The molecule has 0 spiro atoms. The van der Waals surface area contributed by atoms with Gasteiger partial charge >= 0.3 is 0 Å². The minimum Gasteiger partial charge on any atom is -0.309 e. The summed E-state index contributed by atoms with van der Waals surface area (Å²) in [6.45, 7) is 0. The van der Waals surface area contributed by atoms with Crippen LogP contribution in [0.2, 0.25) is 5.28 Å². The van der Waals surface area contributed by atoms with Gasteiger partial charge in [-0.05, 0) is 46.6 Å². The van der Waals surface area contributed by atoms with E-state index in [-0.39, 0.29) is 5.28 Å². The molecule has 0 amide bonds. The van der Waals surface area contributed by atoms with Gasteiger partial charge in [-0.2, -0.15) is 9.97 Å². The van der Waals surface area contributed by atoms with Crippen molar-refractivity contribution in [3.05, 3.63) is 121 Å². The Balaban J connectivity index is 1.46. The molecule has 0 N–H and O–H groups in total. The van der Waals surface area contributed by atoms with Gasteiger partial charge < -0.3 is 4.57 Å². The average Bonchev–Trinajstić information content (AvgIpc) is 3.26. The summed E-state index contributed by atoms with van der Waals surface area (Å²) in [5.74, 6) is 1.11. The van der Waals surface area contributed by atoms with Crippen LogP contribution in [0.4, 0.5) is 0 Å². The number of halogens is 1. The van der Waals surface area contributed by atoms with Gasteiger partial charge in [-0.25, -0.2) is 4.98 Å². The van der Waals surface area contributed by atoms with Crippen molar-refractivity contribution < 1.29 is 0 Å². The fourth-order valence-corrected chi connectivity index (χ4v) is 5.15. The second-order valence-corrected chi connectivity index (χ2v) is 9.04. The van der Waals surface area contributed by atoms with Crippen LogP contribution in [0.15, 0.2) is 115 Å². The Bertz CT molecular complexity index is 1900. The molecule has 7 aromatic rings. The molecule has 2 heterocycles.